The summed E-state index contributed by atoms with van der Waals surface area (Å²) in [5.74, 6) is 1.30. The maximum absolute atomic E-state index is 12.7. The van der Waals surface area contributed by atoms with Crippen LogP contribution in [0.1, 0.15) is 31.2 Å². The van der Waals surface area contributed by atoms with Crippen LogP contribution >= 0.6 is 0 Å². The predicted octanol–water partition coefficient (Wildman–Crippen LogP) is 3.46. The number of anilines is 1. The van der Waals surface area contributed by atoms with Crippen LogP contribution in [0, 0.1) is 6.92 Å². The summed E-state index contributed by atoms with van der Waals surface area (Å²) in [4.78, 5) is 18.4. The molecule has 9 nitrogen and oxygen atoms in total. The van der Waals surface area contributed by atoms with Crippen LogP contribution in [0.3, 0.4) is 0 Å². The second-order valence-corrected chi connectivity index (χ2v) is 7.17. The Labute approximate surface area is 173 Å². The zero-order valence-electron chi connectivity index (χ0n) is 16.9. The third-order valence-electron chi connectivity index (χ3n) is 4.50. The highest BCUT2D eigenvalue weighted by atomic mass is 16.5. The lowest BCUT2D eigenvalue weighted by atomic mass is 10.1. The van der Waals surface area contributed by atoms with Crippen LogP contribution in [0.5, 0.6) is 0 Å². The predicted molar refractivity (Wildman–Crippen MR) is 110 cm³/mol. The molecule has 1 amide bonds. The van der Waals surface area contributed by atoms with Gasteiger partial charge in [-0.2, -0.15) is 9.78 Å². The maximum Gasteiger partial charge on any atom is 0.260 e. The van der Waals surface area contributed by atoms with Gasteiger partial charge in [-0.1, -0.05) is 61.5 Å². The van der Waals surface area contributed by atoms with E-state index >= 15 is 0 Å². The second kappa shape index (κ2) is 8.24. The molecular formula is C21H21N7O2. The van der Waals surface area contributed by atoms with Crippen LogP contribution < -0.4 is 5.32 Å². The fourth-order valence-electron chi connectivity index (χ4n) is 2.91. The molecule has 0 bridgehead atoms. The Balaban J connectivity index is 1.53. The Morgan fingerprint density at radius 1 is 1.13 bits per heavy atom. The van der Waals surface area contributed by atoms with Gasteiger partial charge in [-0.15, -0.1) is 10.2 Å². The largest absolute Gasteiger partial charge is 0.334 e. The van der Waals surface area contributed by atoms with Gasteiger partial charge in [0.05, 0.1) is 11.3 Å². The zero-order valence-corrected chi connectivity index (χ0v) is 16.9. The first kappa shape index (κ1) is 19.4. The monoisotopic (exact) mass is 403 g/mol. The number of amides is 1. The van der Waals surface area contributed by atoms with Crippen LogP contribution in [0.15, 0.2) is 53.1 Å². The molecule has 0 fully saturated rings. The van der Waals surface area contributed by atoms with Gasteiger partial charge in [-0.3, -0.25) is 4.79 Å². The van der Waals surface area contributed by atoms with Gasteiger partial charge < -0.3 is 9.84 Å². The summed E-state index contributed by atoms with van der Waals surface area (Å²) in [5.41, 5.74) is 2.99. The summed E-state index contributed by atoms with van der Waals surface area (Å²) in [5, 5.41) is 19.2. The number of benzene rings is 2. The van der Waals surface area contributed by atoms with Gasteiger partial charge in [0.2, 0.25) is 11.7 Å². The van der Waals surface area contributed by atoms with Gasteiger partial charge in [0.25, 0.3) is 5.89 Å². The van der Waals surface area contributed by atoms with Crippen molar-refractivity contribution in [1.82, 2.24) is 30.3 Å². The number of carbonyl (C=O) groups excluding carboxylic acids is 1. The highest BCUT2D eigenvalue weighted by Crippen LogP contribution is 2.30. The fourth-order valence-corrected chi connectivity index (χ4v) is 2.91. The summed E-state index contributed by atoms with van der Waals surface area (Å²) in [6.07, 6.45) is 0. The summed E-state index contributed by atoms with van der Waals surface area (Å²) in [6, 6.07) is 15.1. The van der Waals surface area contributed by atoms with E-state index in [-0.39, 0.29) is 18.4 Å². The number of para-hydroxylation sites is 1. The number of hydrogen-bond acceptors (Lipinski definition) is 7. The first-order chi connectivity index (χ1) is 14.5. The lowest BCUT2D eigenvalue weighted by Gasteiger charge is -2.11. The highest BCUT2D eigenvalue weighted by molar-refractivity contribution is 5.95. The van der Waals surface area contributed by atoms with Crippen molar-refractivity contribution in [3.63, 3.8) is 0 Å². The van der Waals surface area contributed by atoms with Gasteiger partial charge in [-0.25, -0.2) is 0 Å². The van der Waals surface area contributed by atoms with Gasteiger partial charge in [0.15, 0.2) is 5.82 Å². The zero-order chi connectivity index (χ0) is 21.1. The van der Waals surface area contributed by atoms with Crippen LogP contribution in [-0.2, 0) is 11.3 Å². The molecule has 1 N–H and O–H groups in total. The molecule has 0 atom stereocenters. The number of nitrogens with zero attached hydrogens (tertiary/aromatic N) is 6. The molecule has 0 aliphatic carbocycles. The maximum atomic E-state index is 12.7. The topological polar surface area (TPSA) is 112 Å². The number of nitrogens with one attached hydrogen (secondary N) is 1. The minimum Gasteiger partial charge on any atom is -0.334 e. The Morgan fingerprint density at radius 3 is 2.67 bits per heavy atom. The number of hydrogen-bond donors (Lipinski definition) is 1. The number of aryl methyl sites for hydroxylation is 1. The van der Waals surface area contributed by atoms with Gasteiger partial charge in [0.1, 0.15) is 6.54 Å². The van der Waals surface area contributed by atoms with Crippen LogP contribution in [0.2, 0.25) is 0 Å². The van der Waals surface area contributed by atoms with E-state index in [0.717, 1.165) is 11.1 Å². The molecule has 0 aliphatic heterocycles. The van der Waals surface area contributed by atoms with E-state index in [2.05, 4.69) is 30.9 Å². The molecule has 9 heteroatoms. The normalized spacial score (nSPS) is 11.1. The molecule has 0 aliphatic rings. The van der Waals surface area contributed by atoms with Crippen LogP contribution in [0.25, 0.3) is 22.8 Å². The minimum absolute atomic E-state index is 0.0747. The van der Waals surface area contributed by atoms with E-state index in [9.17, 15) is 4.79 Å². The standard InChI is InChI=1S/C21H21N7O2/c1-13(2)19-23-21(30-26-19)16-11-7-8-14(3)18(16)22-17(29)12-28-25-20(24-27-28)15-9-5-4-6-10-15/h4-11,13H,12H2,1-3H3,(H,22,29). The van der Waals surface area contributed by atoms with E-state index < -0.39 is 0 Å². The molecule has 2 aromatic carbocycles. The molecule has 0 saturated carbocycles. The number of rotatable bonds is 6. The highest BCUT2D eigenvalue weighted by Gasteiger charge is 2.18. The lowest BCUT2D eigenvalue weighted by Crippen LogP contribution is -2.21. The number of tetrazole rings is 1. The summed E-state index contributed by atoms with van der Waals surface area (Å²) >= 11 is 0. The van der Waals surface area contributed by atoms with Crippen molar-refractivity contribution < 1.29 is 9.32 Å². The second-order valence-electron chi connectivity index (χ2n) is 7.17. The van der Waals surface area contributed by atoms with Gasteiger partial charge >= 0.3 is 0 Å². The third kappa shape index (κ3) is 4.09. The van der Waals surface area contributed by atoms with Crippen molar-refractivity contribution in [3.8, 4) is 22.8 Å². The SMILES string of the molecule is Cc1cccc(-c2nc(C(C)C)no2)c1NC(=O)Cn1nnc(-c2ccccc2)n1. The molecule has 4 aromatic rings. The molecule has 30 heavy (non-hydrogen) atoms. The van der Waals surface area contributed by atoms with E-state index in [1.165, 1.54) is 4.80 Å². The van der Waals surface area contributed by atoms with E-state index in [1.54, 1.807) is 0 Å². The first-order valence-corrected chi connectivity index (χ1v) is 9.58. The third-order valence-corrected chi connectivity index (χ3v) is 4.50. The molecule has 0 radical (unpaired) electrons. The van der Waals surface area contributed by atoms with E-state index in [1.807, 2.05) is 69.3 Å². The molecule has 2 heterocycles. The lowest BCUT2D eigenvalue weighted by molar-refractivity contribution is -0.117. The Kier molecular flexibility index (Phi) is 5.34. The quantitative estimate of drug-likeness (QED) is 0.525. The van der Waals surface area contributed by atoms with Crippen molar-refractivity contribution in [2.45, 2.75) is 33.2 Å². The van der Waals surface area contributed by atoms with Crippen molar-refractivity contribution in [2.24, 2.45) is 0 Å². The minimum atomic E-state index is -0.286. The van der Waals surface area contributed by atoms with Crippen molar-refractivity contribution >= 4 is 11.6 Å². The summed E-state index contributed by atoms with van der Waals surface area (Å²) < 4.78 is 5.41. The molecule has 4 rings (SSSR count). The Hall–Kier alpha value is -3.88. The van der Waals surface area contributed by atoms with Crippen molar-refractivity contribution in [1.29, 1.82) is 0 Å². The van der Waals surface area contributed by atoms with Crippen LogP contribution in [-0.4, -0.2) is 36.3 Å². The molecule has 0 saturated heterocycles. The fraction of sp³-hybridized carbons (Fsp3) is 0.238. The molecule has 152 valence electrons. The van der Waals surface area contributed by atoms with E-state index in [0.29, 0.717) is 28.8 Å². The molecule has 2 aromatic heterocycles. The van der Waals surface area contributed by atoms with Gasteiger partial charge in [0, 0.05) is 11.5 Å². The smallest absolute Gasteiger partial charge is 0.260 e. The average molecular weight is 403 g/mol. The molecule has 0 unspecified atom stereocenters. The average Bonchev–Trinajstić information content (AvgIpc) is 3.40. The number of carbonyl (C=O) groups is 1. The Morgan fingerprint density at radius 2 is 1.93 bits per heavy atom. The van der Waals surface area contributed by atoms with Gasteiger partial charge in [-0.05, 0) is 23.8 Å². The molecule has 0 spiro atoms. The summed E-state index contributed by atoms with van der Waals surface area (Å²) in [7, 11) is 0. The van der Waals surface area contributed by atoms with E-state index in [4.69, 9.17) is 4.52 Å². The van der Waals surface area contributed by atoms with Crippen molar-refractivity contribution in [3.05, 3.63) is 59.9 Å². The van der Waals surface area contributed by atoms with Crippen LogP contribution in [0.4, 0.5) is 5.69 Å². The summed E-state index contributed by atoms with van der Waals surface area (Å²) in [6.45, 7) is 5.81. The molecular weight excluding hydrogens is 382 g/mol. The Bertz CT molecular complexity index is 1170. The number of aromatic nitrogens is 6. The first-order valence-electron chi connectivity index (χ1n) is 9.58. The van der Waals surface area contributed by atoms with Crippen molar-refractivity contribution in [2.75, 3.05) is 5.32 Å².